The second kappa shape index (κ2) is 13.9. The molecule has 4 heteroatoms. The number of benzene rings is 6. The Balaban J connectivity index is 1.23. The Labute approximate surface area is 380 Å². The molecule has 12 rings (SSSR count). The molecule has 2 aliphatic rings. The van der Waals surface area contributed by atoms with Crippen molar-refractivity contribution in [2.24, 2.45) is 0 Å². The summed E-state index contributed by atoms with van der Waals surface area (Å²) in [4.78, 5) is 9.42. The van der Waals surface area contributed by atoms with Crippen molar-refractivity contribution in [2.75, 3.05) is 0 Å². The predicted molar refractivity (Wildman–Crippen MR) is 269 cm³/mol. The van der Waals surface area contributed by atoms with Crippen LogP contribution in [-0.2, 0) is 10.8 Å². The van der Waals surface area contributed by atoms with Gasteiger partial charge in [0.1, 0.15) is 0 Å². The zero-order valence-corrected chi connectivity index (χ0v) is 38.9. The second-order valence-corrected chi connectivity index (χ2v) is 22.3. The standard InChI is InChI=1S/C58H44S4/c1-33-7-17-40(18-8-33)57(41-19-9-34(2)10-20-41)47-30-46-48(29-45(47)44-27-39-28-54(51-25-15-37(5)59-51)61-53(39)31-49(44)57)58(42-21-11-35(3)12-22-42,43-23-13-36(4)14-24-43)50-32-55(62-56(46)50)52-26-16-38(6)60-52/h7-32H,1-6H3. The highest BCUT2D eigenvalue weighted by molar-refractivity contribution is 7.26. The maximum absolute atomic E-state index is 2.64. The minimum absolute atomic E-state index is 0.516. The Morgan fingerprint density at radius 1 is 0.306 bits per heavy atom. The van der Waals surface area contributed by atoms with Crippen LogP contribution < -0.4 is 0 Å². The van der Waals surface area contributed by atoms with E-state index >= 15 is 0 Å². The van der Waals surface area contributed by atoms with Gasteiger partial charge in [-0.2, -0.15) is 0 Å². The molecule has 62 heavy (non-hydrogen) atoms. The van der Waals surface area contributed by atoms with E-state index in [1.807, 2.05) is 45.3 Å². The Morgan fingerprint density at radius 2 is 0.710 bits per heavy atom. The topological polar surface area (TPSA) is 0 Å². The Hall–Kier alpha value is -5.62. The zero-order chi connectivity index (χ0) is 42.1. The first kappa shape index (κ1) is 38.1. The van der Waals surface area contributed by atoms with Gasteiger partial charge in [0.2, 0.25) is 0 Å². The van der Waals surface area contributed by atoms with Gasteiger partial charge in [-0.15, -0.1) is 45.3 Å². The van der Waals surface area contributed by atoms with Crippen molar-refractivity contribution < 1.29 is 0 Å². The van der Waals surface area contributed by atoms with Gasteiger partial charge in [-0.3, -0.25) is 0 Å². The number of fused-ring (bicyclic) bond motifs is 7. The van der Waals surface area contributed by atoms with E-state index in [-0.39, 0.29) is 0 Å². The summed E-state index contributed by atoms with van der Waals surface area (Å²) in [6.45, 7) is 13.2. The maximum atomic E-state index is 2.64. The summed E-state index contributed by atoms with van der Waals surface area (Å²) < 4.78 is 1.33. The zero-order valence-electron chi connectivity index (χ0n) is 35.6. The van der Waals surface area contributed by atoms with Gasteiger partial charge in [-0.1, -0.05) is 119 Å². The summed E-state index contributed by atoms with van der Waals surface area (Å²) in [5.74, 6) is 0. The van der Waals surface area contributed by atoms with Crippen LogP contribution in [0.1, 0.15) is 76.5 Å². The molecule has 0 bridgehead atoms. The highest BCUT2D eigenvalue weighted by Crippen LogP contribution is 2.65. The molecule has 0 unspecified atom stereocenters. The fourth-order valence-electron chi connectivity index (χ4n) is 10.6. The average molecular weight is 869 g/mol. The SMILES string of the molecule is Cc1ccc(C2(c3ccc(C)cc3)c3cc4c(cc3-c3cc5cc(-c6ccc(C)s6)sc5cc32)C(c2ccc(C)cc2)(c2ccc(C)cc2)c2cc(-c3ccc(C)s3)sc2-4)cc1. The molecule has 4 aromatic heterocycles. The van der Waals surface area contributed by atoms with E-state index in [0.717, 1.165) is 0 Å². The maximum Gasteiger partial charge on any atom is 0.0722 e. The van der Waals surface area contributed by atoms with Gasteiger partial charge in [0.05, 0.1) is 10.8 Å². The van der Waals surface area contributed by atoms with Crippen LogP contribution in [0.15, 0.2) is 158 Å². The Kier molecular flexibility index (Phi) is 8.56. The molecule has 0 amide bonds. The Morgan fingerprint density at radius 3 is 1.18 bits per heavy atom. The smallest absolute Gasteiger partial charge is 0.0722 e. The van der Waals surface area contributed by atoms with Crippen molar-refractivity contribution >= 4 is 55.4 Å². The van der Waals surface area contributed by atoms with Crippen LogP contribution in [0.4, 0.5) is 0 Å². The number of aryl methyl sites for hydroxylation is 6. The van der Waals surface area contributed by atoms with E-state index in [9.17, 15) is 0 Å². The number of hydrogen-bond donors (Lipinski definition) is 0. The number of hydrogen-bond acceptors (Lipinski definition) is 4. The second-order valence-electron chi connectivity index (χ2n) is 17.6. The average Bonchev–Trinajstić information content (AvgIpc) is 4.14. The molecular formula is C58H44S4. The fraction of sp³-hybridized carbons (Fsp3) is 0.138. The van der Waals surface area contributed by atoms with Crippen LogP contribution in [0.25, 0.3) is 51.2 Å². The molecule has 0 nitrogen and oxygen atoms in total. The van der Waals surface area contributed by atoms with Crippen LogP contribution in [0.5, 0.6) is 0 Å². The first-order valence-corrected chi connectivity index (χ1v) is 24.7. The molecule has 0 aliphatic heterocycles. The van der Waals surface area contributed by atoms with Crippen molar-refractivity contribution in [2.45, 2.75) is 52.4 Å². The van der Waals surface area contributed by atoms with Crippen molar-refractivity contribution in [3.63, 3.8) is 0 Å². The molecular weight excluding hydrogens is 825 g/mol. The van der Waals surface area contributed by atoms with Gasteiger partial charge in [-0.25, -0.2) is 0 Å². The Bertz CT molecular complexity index is 3290. The largest absolute Gasteiger partial charge is 0.140 e. The third kappa shape index (κ3) is 5.47. The van der Waals surface area contributed by atoms with Crippen LogP contribution in [-0.4, -0.2) is 0 Å². The molecule has 2 aliphatic carbocycles. The van der Waals surface area contributed by atoms with Gasteiger partial charge in [0.25, 0.3) is 0 Å². The van der Waals surface area contributed by atoms with E-state index in [1.54, 1.807) is 0 Å². The van der Waals surface area contributed by atoms with Crippen LogP contribution in [0, 0.1) is 41.5 Å². The molecule has 300 valence electrons. The molecule has 10 aromatic rings. The highest BCUT2D eigenvalue weighted by atomic mass is 32.1. The summed E-state index contributed by atoms with van der Waals surface area (Å²) in [7, 11) is 0. The monoisotopic (exact) mass is 868 g/mol. The van der Waals surface area contributed by atoms with Gasteiger partial charge >= 0.3 is 0 Å². The third-order valence-electron chi connectivity index (χ3n) is 13.6. The van der Waals surface area contributed by atoms with E-state index in [2.05, 4.69) is 199 Å². The quantitative estimate of drug-likeness (QED) is 0.156. The van der Waals surface area contributed by atoms with Crippen molar-refractivity contribution in [3.8, 4) is 41.1 Å². The summed E-state index contributed by atoms with van der Waals surface area (Å²) in [5, 5.41) is 1.31. The molecule has 0 saturated carbocycles. The third-order valence-corrected chi connectivity index (χ3v) is 18.3. The minimum atomic E-state index is -0.539. The van der Waals surface area contributed by atoms with Gasteiger partial charge in [0.15, 0.2) is 0 Å². The highest BCUT2D eigenvalue weighted by Gasteiger charge is 2.52. The molecule has 0 N–H and O–H groups in total. The van der Waals surface area contributed by atoms with Crippen LogP contribution in [0.2, 0.25) is 0 Å². The van der Waals surface area contributed by atoms with Gasteiger partial charge < -0.3 is 0 Å². The fourth-order valence-corrected chi connectivity index (χ4v) is 14.8. The van der Waals surface area contributed by atoms with Crippen molar-refractivity contribution in [1.82, 2.24) is 0 Å². The summed E-state index contributed by atoms with van der Waals surface area (Å²) in [6.07, 6.45) is 0. The van der Waals surface area contributed by atoms with Gasteiger partial charge in [0, 0.05) is 38.8 Å². The van der Waals surface area contributed by atoms with Gasteiger partial charge in [-0.05, 0) is 169 Å². The van der Waals surface area contributed by atoms with E-state index < -0.39 is 10.8 Å². The normalized spacial score (nSPS) is 14.2. The molecule has 0 radical (unpaired) electrons. The lowest BCUT2D eigenvalue weighted by molar-refractivity contribution is 0.759. The van der Waals surface area contributed by atoms with E-state index in [4.69, 9.17) is 0 Å². The molecule has 0 fully saturated rings. The van der Waals surface area contributed by atoms with E-state index in [0.29, 0.717) is 0 Å². The lowest BCUT2D eigenvalue weighted by Crippen LogP contribution is -2.30. The van der Waals surface area contributed by atoms with Crippen molar-refractivity contribution in [3.05, 3.63) is 234 Å². The first-order valence-electron chi connectivity index (χ1n) is 21.5. The number of thiophene rings is 4. The van der Waals surface area contributed by atoms with Crippen molar-refractivity contribution in [1.29, 1.82) is 0 Å². The molecule has 0 atom stereocenters. The lowest BCUT2D eigenvalue weighted by Gasteiger charge is -2.35. The summed E-state index contributed by atoms with van der Waals surface area (Å²) in [6, 6.07) is 62.1. The molecule has 6 aromatic carbocycles. The molecule has 0 spiro atoms. The summed E-state index contributed by atoms with van der Waals surface area (Å²) >= 11 is 7.69. The van der Waals surface area contributed by atoms with Crippen LogP contribution in [0.3, 0.4) is 0 Å². The lowest BCUT2D eigenvalue weighted by atomic mass is 9.65. The molecule has 0 saturated heterocycles. The minimum Gasteiger partial charge on any atom is -0.140 e. The predicted octanol–water partition coefficient (Wildman–Crippen LogP) is 17.0. The molecule has 4 heterocycles. The van der Waals surface area contributed by atoms with E-state index in [1.165, 1.54) is 128 Å². The first-order chi connectivity index (χ1) is 30.1. The number of rotatable bonds is 6. The van der Waals surface area contributed by atoms with Crippen LogP contribution >= 0.6 is 45.3 Å². The summed E-state index contributed by atoms with van der Waals surface area (Å²) in [5.41, 5.74) is 18.7.